The number of nitrogens with one attached hydrogen (secondary N) is 1. The summed E-state index contributed by atoms with van der Waals surface area (Å²) in [5.74, 6) is 0.391. The highest BCUT2D eigenvalue weighted by atomic mass is 16.5. The van der Waals surface area contributed by atoms with Crippen LogP contribution in [0.4, 0.5) is 0 Å². The molecule has 1 aromatic carbocycles. The highest BCUT2D eigenvalue weighted by Crippen LogP contribution is 2.12. The van der Waals surface area contributed by atoms with Gasteiger partial charge in [0.25, 0.3) is 0 Å². The minimum Gasteiger partial charge on any atom is -0.497 e. The largest absolute Gasteiger partial charge is 0.497 e. The van der Waals surface area contributed by atoms with Gasteiger partial charge in [0.1, 0.15) is 5.75 Å². The Hall–Kier alpha value is -1.35. The van der Waals surface area contributed by atoms with E-state index < -0.39 is 13.0 Å². The summed E-state index contributed by atoms with van der Waals surface area (Å²) in [6.07, 6.45) is 0. The molecule has 76 valence electrons. The van der Waals surface area contributed by atoms with Gasteiger partial charge in [-0.3, -0.25) is 4.79 Å². The van der Waals surface area contributed by atoms with Gasteiger partial charge >= 0.3 is 0 Å². The molecular weight excluding hydrogens is 179 g/mol. The summed E-state index contributed by atoms with van der Waals surface area (Å²) in [6, 6.07) is 5.79. The van der Waals surface area contributed by atoms with E-state index in [1.54, 1.807) is 24.3 Å². The topological polar surface area (TPSA) is 38.3 Å². The number of hydrogen-bond donors (Lipinski definition) is 1. The van der Waals surface area contributed by atoms with Crippen molar-refractivity contribution < 1.29 is 13.6 Å². The Morgan fingerprint density at radius 1 is 1.50 bits per heavy atom. The van der Waals surface area contributed by atoms with E-state index in [9.17, 15) is 4.79 Å². The predicted octanol–water partition coefficient (Wildman–Crippen LogP) is 1.49. The normalized spacial score (nSPS) is 16.3. The molecule has 0 aromatic heterocycles. The third-order valence-electron chi connectivity index (χ3n) is 1.98. The quantitative estimate of drug-likeness (QED) is 0.587. The molecule has 1 atom stereocenters. The number of rotatable bonds is 4. The highest BCUT2D eigenvalue weighted by molar-refractivity contribution is 5.99. The molecule has 0 saturated heterocycles. The number of benzene rings is 1. The minimum absolute atomic E-state index is 0.260. The van der Waals surface area contributed by atoms with Gasteiger partial charge in [0.05, 0.1) is 13.2 Å². The van der Waals surface area contributed by atoms with E-state index in [1.807, 2.05) is 0 Å². The molecule has 0 aliphatic heterocycles. The number of carbonyl (C=O) groups excluding carboxylic acids is 1. The first-order chi connectivity index (χ1) is 7.83. The monoisotopic (exact) mass is 197 g/mol. The molecule has 0 spiro atoms. The van der Waals surface area contributed by atoms with Gasteiger partial charge < -0.3 is 10.1 Å². The second kappa shape index (κ2) is 4.77. The Labute approximate surface area is 88.3 Å². The molecule has 0 amide bonds. The Kier molecular flexibility index (Phi) is 2.39. The Morgan fingerprint density at radius 2 is 2.14 bits per heavy atom. The SMILES string of the molecule is [2H][13C]([2H])([2H])NC(C)C(=O)c1ccc(OC)cc1. The summed E-state index contributed by atoms with van der Waals surface area (Å²) < 4.78 is 26.1. The number of ketones is 1. The van der Waals surface area contributed by atoms with E-state index in [0.717, 1.165) is 0 Å². The molecule has 0 bridgehead atoms. The fourth-order valence-electron chi connectivity index (χ4n) is 1.07. The van der Waals surface area contributed by atoms with E-state index in [2.05, 4.69) is 5.32 Å². The first-order valence-electron chi connectivity index (χ1n) is 5.79. The van der Waals surface area contributed by atoms with Crippen molar-refractivity contribution in [3.8, 4) is 5.75 Å². The third-order valence-corrected chi connectivity index (χ3v) is 1.98. The van der Waals surface area contributed by atoms with Crippen molar-refractivity contribution in [2.75, 3.05) is 14.1 Å². The van der Waals surface area contributed by atoms with Crippen LogP contribution < -0.4 is 10.1 Å². The lowest BCUT2D eigenvalue weighted by atomic mass is 10.1. The van der Waals surface area contributed by atoms with E-state index in [4.69, 9.17) is 8.85 Å². The van der Waals surface area contributed by atoms with Gasteiger partial charge in [-0.25, -0.2) is 0 Å². The standard InChI is InChI=1S/C11H15NO2/c1-8(12-2)11(13)9-4-6-10(14-3)7-5-9/h4-8,12H,1-3H3/i2+1D3. The van der Waals surface area contributed by atoms with Gasteiger partial charge in [0.15, 0.2) is 5.78 Å². The molecular formula is C11H15NO2. The summed E-state index contributed by atoms with van der Waals surface area (Å²) >= 11 is 0. The molecule has 1 rings (SSSR count). The molecule has 0 saturated carbocycles. The number of Topliss-reactive ketones (excluding diaryl/α,β-unsaturated/α-hetero) is 1. The molecule has 1 aromatic rings. The summed E-state index contributed by atoms with van der Waals surface area (Å²) in [6.45, 7) is -0.791. The summed E-state index contributed by atoms with van der Waals surface area (Å²) in [4.78, 5) is 11.9. The first kappa shape index (κ1) is 7.01. The van der Waals surface area contributed by atoms with Gasteiger partial charge in [0, 0.05) is 9.68 Å². The van der Waals surface area contributed by atoms with Crippen LogP contribution in [0.3, 0.4) is 0 Å². The van der Waals surface area contributed by atoms with Crippen molar-refractivity contribution >= 4 is 5.78 Å². The predicted molar refractivity (Wildman–Crippen MR) is 55.8 cm³/mol. The van der Waals surface area contributed by atoms with Crippen LogP contribution in [0.1, 0.15) is 21.4 Å². The number of carbonyl (C=O) groups is 1. The maximum Gasteiger partial charge on any atom is 0.179 e. The van der Waals surface area contributed by atoms with Crippen LogP contribution in [-0.4, -0.2) is 25.9 Å². The molecule has 0 fully saturated rings. The third kappa shape index (κ3) is 2.33. The van der Waals surface area contributed by atoms with Crippen molar-refractivity contribution in [3.05, 3.63) is 29.8 Å². The average Bonchev–Trinajstić information content (AvgIpc) is 2.26. The van der Waals surface area contributed by atoms with Gasteiger partial charge in [-0.15, -0.1) is 0 Å². The van der Waals surface area contributed by atoms with Crippen molar-refractivity contribution in [2.45, 2.75) is 13.0 Å². The van der Waals surface area contributed by atoms with Crippen LogP contribution in [0.25, 0.3) is 0 Å². The smallest absolute Gasteiger partial charge is 0.179 e. The lowest BCUT2D eigenvalue weighted by Gasteiger charge is -2.08. The van der Waals surface area contributed by atoms with E-state index in [1.165, 1.54) is 14.0 Å². The van der Waals surface area contributed by atoms with Crippen molar-refractivity contribution in [2.24, 2.45) is 0 Å². The molecule has 1 N–H and O–H groups in total. The zero-order chi connectivity index (χ0) is 13.1. The molecule has 1 unspecified atom stereocenters. The van der Waals surface area contributed by atoms with Crippen molar-refractivity contribution in [3.63, 3.8) is 0 Å². The lowest BCUT2D eigenvalue weighted by molar-refractivity contribution is 0.0955. The van der Waals surface area contributed by atoms with E-state index in [-0.39, 0.29) is 5.78 Å². The maximum absolute atomic E-state index is 11.9. The first-order valence-corrected chi connectivity index (χ1v) is 4.29. The number of ether oxygens (including phenoxy) is 1. The fourth-order valence-corrected chi connectivity index (χ4v) is 1.07. The zero-order valence-electron chi connectivity index (χ0n) is 11.2. The minimum atomic E-state index is -2.32. The molecule has 0 radical (unpaired) electrons. The summed E-state index contributed by atoms with van der Waals surface area (Å²) in [5, 5.41) is 2.27. The summed E-state index contributed by atoms with van der Waals surface area (Å²) in [5.41, 5.74) is 0.454. The number of hydrogen-bond acceptors (Lipinski definition) is 3. The molecule has 14 heavy (non-hydrogen) atoms. The average molecular weight is 197 g/mol. The fraction of sp³-hybridized carbons (Fsp3) is 0.364. The van der Waals surface area contributed by atoms with Crippen LogP contribution >= 0.6 is 0 Å². The lowest BCUT2D eigenvalue weighted by Crippen LogP contribution is -2.30. The molecule has 0 heterocycles. The molecule has 0 aliphatic rings. The van der Waals surface area contributed by atoms with Gasteiger partial charge in [0.2, 0.25) is 0 Å². The Bertz CT molecular complexity index is 387. The van der Waals surface area contributed by atoms with Gasteiger partial charge in [-0.05, 0) is 38.2 Å². The van der Waals surface area contributed by atoms with Crippen LogP contribution in [0.5, 0.6) is 5.75 Å². The molecule has 3 heteroatoms. The second-order valence-corrected chi connectivity index (χ2v) is 2.96. The van der Waals surface area contributed by atoms with Crippen LogP contribution in [-0.2, 0) is 0 Å². The van der Waals surface area contributed by atoms with Crippen LogP contribution in [0.15, 0.2) is 24.3 Å². The molecule has 0 aliphatic carbocycles. The highest BCUT2D eigenvalue weighted by Gasteiger charge is 2.12. The van der Waals surface area contributed by atoms with Gasteiger partial charge in [-0.1, -0.05) is 0 Å². The second-order valence-electron chi connectivity index (χ2n) is 2.96. The Balaban J connectivity index is 2.75. The van der Waals surface area contributed by atoms with Crippen LogP contribution in [0, 0.1) is 0 Å². The maximum atomic E-state index is 11.9. The number of methoxy groups -OCH3 is 1. The Morgan fingerprint density at radius 3 is 2.64 bits per heavy atom. The van der Waals surface area contributed by atoms with Gasteiger partial charge in [-0.2, -0.15) is 0 Å². The van der Waals surface area contributed by atoms with E-state index in [0.29, 0.717) is 11.3 Å². The number of likely N-dealkylation sites (N-methyl/N-ethyl adjacent to an activating group) is 1. The zero-order valence-corrected chi connectivity index (χ0v) is 8.20. The summed E-state index contributed by atoms with van der Waals surface area (Å²) in [7, 11) is 1.54. The van der Waals surface area contributed by atoms with Crippen molar-refractivity contribution in [1.29, 1.82) is 0 Å². The van der Waals surface area contributed by atoms with Crippen molar-refractivity contribution in [1.82, 2.24) is 5.32 Å². The molecule has 3 nitrogen and oxygen atoms in total. The van der Waals surface area contributed by atoms with Crippen LogP contribution in [0.2, 0.25) is 0 Å². The van der Waals surface area contributed by atoms with E-state index >= 15 is 0 Å².